The minimum absolute atomic E-state index is 0.574. The summed E-state index contributed by atoms with van der Waals surface area (Å²) in [5.74, 6) is -2.12. The van der Waals surface area contributed by atoms with E-state index in [1.165, 1.54) is 0 Å². The molecule has 0 radical (unpaired) electrons. The third kappa shape index (κ3) is 2.80. The Morgan fingerprint density at radius 2 is 1.48 bits per heavy atom. The van der Waals surface area contributed by atoms with Gasteiger partial charge in [0, 0.05) is 0 Å². The molecule has 0 spiro atoms. The highest BCUT2D eigenvalue weighted by Gasteiger charge is 2.58. The molecule has 124 valence electrons. The van der Waals surface area contributed by atoms with Crippen LogP contribution in [0, 0.1) is 0 Å². The summed E-state index contributed by atoms with van der Waals surface area (Å²) in [5.41, 5.74) is 0. The predicted molar refractivity (Wildman–Crippen MR) is 62.6 cm³/mol. The number of aliphatic hydroxyl groups is 7. The second-order valence-corrected chi connectivity index (χ2v) is 5.07. The fourth-order valence-corrected chi connectivity index (χ4v) is 2.43. The zero-order valence-electron chi connectivity index (χ0n) is 11.0. The van der Waals surface area contributed by atoms with E-state index in [0.717, 1.165) is 0 Å². The smallest absolute Gasteiger partial charge is 0.224 e. The van der Waals surface area contributed by atoms with E-state index in [0.29, 0.717) is 0 Å². The molecule has 0 aromatic rings. The third-order valence-corrected chi connectivity index (χ3v) is 3.72. The average Bonchev–Trinajstić information content (AvgIpc) is 2.90. The molecule has 2 aliphatic rings. The number of hydrogen-bond donors (Lipinski definition) is 7. The van der Waals surface area contributed by atoms with E-state index in [2.05, 4.69) is 0 Å². The lowest BCUT2D eigenvalue weighted by atomic mass is 10.1. The van der Waals surface area contributed by atoms with E-state index in [1.54, 1.807) is 0 Å². The van der Waals surface area contributed by atoms with Crippen LogP contribution in [-0.4, -0.2) is 104 Å². The van der Waals surface area contributed by atoms with Gasteiger partial charge in [0.1, 0.15) is 43.2 Å². The van der Waals surface area contributed by atoms with Gasteiger partial charge in [-0.15, -0.1) is 0 Å². The molecule has 2 saturated heterocycles. The molecular weight excluding hydrogens is 292 g/mol. The predicted octanol–water partition coefficient (Wildman–Crippen LogP) is -4.76. The van der Waals surface area contributed by atoms with Gasteiger partial charge >= 0.3 is 0 Å². The molecule has 2 aliphatic heterocycles. The molecule has 2 heterocycles. The highest BCUT2D eigenvalue weighted by atomic mass is 16.8. The molecule has 8 atom stereocenters. The molecule has 10 heteroatoms. The first-order chi connectivity index (χ1) is 9.90. The second kappa shape index (κ2) is 6.38. The van der Waals surface area contributed by atoms with Crippen LogP contribution < -0.4 is 0 Å². The topological polar surface area (TPSA) is 169 Å². The van der Waals surface area contributed by atoms with E-state index >= 15 is 0 Å². The average molecular weight is 312 g/mol. The Morgan fingerprint density at radius 3 is 1.90 bits per heavy atom. The maximum Gasteiger partial charge on any atom is 0.224 e. The van der Waals surface area contributed by atoms with Crippen LogP contribution in [0.4, 0.5) is 0 Å². The van der Waals surface area contributed by atoms with Crippen molar-refractivity contribution >= 4 is 0 Å². The second-order valence-electron chi connectivity index (χ2n) is 5.07. The summed E-state index contributed by atoms with van der Waals surface area (Å²) in [7, 11) is 0. The summed E-state index contributed by atoms with van der Waals surface area (Å²) in [6.07, 6.45) is -9.98. The Bertz CT molecular complexity index is 354. The maximum absolute atomic E-state index is 9.92. The summed E-state index contributed by atoms with van der Waals surface area (Å²) in [6.45, 7) is -2.09. The summed E-state index contributed by atoms with van der Waals surface area (Å²) in [5, 5.41) is 66.4. The molecule has 7 N–H and O–H groups in total. The van der Waals surface area contributed by atoms with Crippen LogP contribution >= 0.6 is 0 Å². The highest BCUT2D eigenvalue weighted by Crippen LogP contribution is 2.36. The quantitative estimate of drug-likeness (QED) is 0.261. The fraction of sp³-hybridized carbons (Fsp3) is 1.00. The Morgan fingerprint density at radius 1 is 0.857 bits per heavy atom. The highest BCUT2D eigenvalue weighted by molar-refractivity contribution is 4.98. The molecule has 0 saturated carbocycles. The van der Waals surface area contributed by atoms with E-state index in [4.69, 9.17) is 24.4 Å². The largest absolute Gasteiger partial charge is 0.394 e. The molecule has 10 nitrogen and oxygen atoms in total. The Hall–Kier alpha value is -0.400. The first-order valence-electron chi connectivity index (χ1n) is 6.46. The van der Waals surface area contributed by atoms with Crippen LogP contribution in [0.25, 0.3) is 0 Å². The molecule has 0 bridgehead atoms. The normalized spacial score (nSPS) is 50.7. The maximum atomic E-state index is 9.92. The van der Waals surface area contributed by atoms with Gasteiger partial charge in [-0.3, -0.25) is 0 Å². The van der Waals surface area contributed by atoms with Gasteiger partial charge in [0.05, 0.1) is 13.2 Å². The van der Waals surface area contributed by atoms with Crippen molar-refractivity contribution in [3.8, 4) is 0 Å². The van der Waals surface area contributed by atoms with Gasteiger partial charge in [0.2, 0.25) is 5.79 Å². The summed E-state index contributed by atoms with van der Waals surface area (Å²) in [6, 6.07) is 0. The molecule has 0 amide bonds. The van der Waals surface area contributed by atoms with E-state index in [1.807, 2.05) is 0 Å². The van der Waals surface area contributed by atoms with Crippen molar-refractivity contribution in [2.24, 2.45) is 0 Å². The number of ether oxygens (including phenoxy) is 3. The summed E-state index contributed by atoms with van der Waals surface area (Å²) in [4.78, 5) is 0. The summed E-state index contributed by atoms with van der Waals surface area (Å²) < 4.78 is 15.4. The van der Waals surface area contributed by atoms with Crippen molar-refractivity contribution in [1.29, 1.82) is 0 Å². The fourth-order valence-electron chi connectivity index (χ4n) is 2.43. The van der Waals surface area contributed by atoms with Gasteiger partial charge < -0.3 is 50.0 Å². The number of aliphatic hydroxyl groups excluding tert-OH is 7. The van der Waals surface area contributed by atoms with Gasteiger partial charge in [-0.05, 0) is 0 Å². The first-order valence-corrected chi connectivity index (χ1v) is 6.46. The van der Waals surface area contributed by atoms with Crippen LogP contribution in [0.1, 0.15) is 0 Å². The zero-order chi connectivity index (χ0) is 15.8. The van der Waals surface area contributed by atoms with Crippen LogP contribution in [0.3, 0.4) is 0 Å². The lowest BCUT2D eigenvalue weighted by Gasteiger charge is -2.33. The van der Waals surface area contributed by atoms with Gasteiger partial charge in [-0.2, -0.15) is 0 Å². The van der Waals surface area contributed by atoms with Crippen molar-refractivity contribution < 1.29 is 50.0 Å². The van der Waals surface area contributed by atoms with Gasteiger partial charge in [-0.1, -0.05) is 0 Å². The minimum atomic E-state index is -2.12. The van der Waals surface area contributed by atoms with Crippen LogP contribution in [-0.2, 0) is 14.2 Å². The summed E-state index contributed by atoms with van der Waals surface area (Å²) >= 11 is 0. The molecule has 0 aromatic heterocycles. The van der Waals surface area contributed by atoms with Crippen molar-refractivity contribution in [3.63, 3.8) is 0 Å². The van der Waals surface area contributed by atoms with Crippen molar-refractivity contribution in [2.45, 2.75) is 48.7 Å². The Kier molecular flexibility index (Phi) is 5.15. The van der Waals surface area contributed by atoms with Crippen LogP contribution in [0.2, 0.25) is 0 Å². The first kappa shape index (κ1) is 17.0. The minimum Gasteiger partial charge on any atom is -0.394 e. The SMILES string of the molecule is OC[C@H]1O[C@@](CO)(OC2O[C@H](CO)[C@@H](O)[C@@H]2O)[C@@H](O)[C@@H]1O. The molecule has 1 unspecified atom stereocenters. The molecule has 2 rings (SSSR count). The number of rotatable bonds is 5. The van der Waals surface area contributed by atoms with Gasteiger partial charge in [-0.25, -0.2) is 0 Å². The third-order valence-electron chi connectivity index (χ3n) is 3.72. The van der Waals surface area contributed by atoms with Gasteiger partial charge in [0.25, 0.3) is 0 Å². The monoisotopic (exact) mass is 312 g/mol. The molecule has 0 aliphatic carbocycles. The van der Waals surface area contributed by atoms with Crippen LogP contribution in [0.15, 0.2) is 0 Å². The number of hydrogen-bond acceptors (Lipinski definition) is 10. The molecule has 21 heavy (non-hydrogen) atoms. The zero-order valence-corrected chi connectivity index (χ0v) is 11.0. The molecule has 2 fully saturated rings. The Balaban J connectivity index is 2.13. The van der Waals surface area contributed by atoms with Gasteiger partial charge in [0.15, 0.2) is 6.29 Å². The Labute approximate surface area is 119 Å². The molecular formula is C11H20O10. The van der Waals surface area contributed by atoms with Crippen molar-refractivity contribution in [2.75, 3.05) is 19.8 Å². The van der Waals surface area contributed by atoms with E-state index < -0.39 is 68.5 Å². The van der Waals surface area contributed by atoms with E-state index in [9.17, 15) is 25.5 Å². The lowest BCUT2D eigenvalue weighted by Crippen LogP contribution is -2.52. The van der Waals surface area contributed by atoms with Crippen molar-refractivity contribution in [1.82, 2.24) is 0 Å². The van der Waals surface area contributed by atoms with Crippen molar-refractivity contribution in [3.05, 3.63) is 0 Å². The molecule has 0 aromatic carbocycles. The standard InChI is InChI=1S/C11H20O10/c12-1-4-6(15)8(17)10(19-4)21-11(3-14)9(18)7(16)5(2-13)20-11/h4-10,12-18H,1-3H2/t4-,5-,6-,7-,8+,9+,10?,11+/m1/s1. The lowest BCUT2D eigenvalue weighted by molar-refractivity contribution is -0.341. The van der Waals surface area contributed by atoms with Crippen LogP contribution in [0.5, 0.6) is 0 Å². The van der Waals surface area contributed by atoms with E-state index in [-0.39, 0.29) is 0 Å².